The van der Waals surface area contributed by atoms with E-state index in [2.05, 4.69) is 35.9 Å². The minimum atomic E-state index is 0.452. The summed E-state index contributed by atoms with van der Waals surface area (Å²) in [7, 11) is 0. The van der Waals surface area contributed by atoms with Crippen LogP contribution in [0.25, 0.3) is 10.9 Å². The Bertz CT molecular complexity index is 917. The summed E-state index contributed by atoms with van der Waals surface area (Å²) in [5.74, 6) is 0.561. The van der Waals surface area contributed by atoms with Gasteiger partial charge in [-0.3, -0.25) is 4.98 Å². The molecule has 5 heteroatoms. The third kappa shape index (κ3) is 2.63. The molecule has 3 aromatic rings. The Hall–Kier alpha value is -1.16. The average Bonchev–Trinajstić information content (AvgIpc) is 3.11. The molecule has 0 aliphatic carbocycles. The zero-order chi connectivity index (χ0) is 16.8. The maximum absolute atomic E-state index is 6.18. The first-order chi connectivity index (χ1) is 11.6. The van der Waals surface area contributed by atoms with E-state index < -0.39 is 0 Å². The molecule has 2 nitrogen and oxygen atoms in total. The lowest BCUT2D eigenvalue weighted by molar-refractivity contribution is 0.408. The van der Waals surface area contributed by atoms with E-state index in [0.29, 0.717) is 22.0 Å². The highest BCUT2D eigenvalue weighted by Crippen LogP contribution is 2.47. The molecular formula is C19H16Cl2N2S. The van der Waals surface area contributed by atoms with Crippen LogP contribution in [0.3, 0.4) is 0 Å². The van der Waals surface area contributed by atoms with Crippen LogP contribution in [0.4, 0.5) is 0 Å². The SMILES string of the molecule is CC(C)C1C[C]c2c(Sc3ccc(Cl)c(Cl)c3)c3cnccc3n21. The summed E-state index contributed by atoms with van der Waals surface area (Å²) in [4.78, 5) is 6.59. The number of rotatable bonds is 3. The molecule has 122 valence electrons. The van der Waals surface area contributed by atoms with E-state index in [4.69, 9.17) is 23.2 Å². The van der Waals surface area contributed by atoms with Crippen LogP contribution in [0, 0.1) is 12.3 Å². The lowest BCUT2D eigenvalue weighted by Gasteiger charge is -2.18. The molecule has 1 aliphatic rings. The van der Waals surface area contributed by atoms with Crippen LogP contribution in [-0.4, -0.2) is 9.55 Å². The normalized spacial score (nSPS) is 17.0. The van der Waals surface area contributed by atoms with Gasteiger partial charge in [0.1, 0.15) is 0 Å². The van der Waals surface area contributed by atoms with Gasteiger partial charge in [-0.05, 0) is 36.6 Å². The number of aromatic nitrogens is 2. The van der Waals surface area contributed by atoms with Crippen LogP contribution < -0.4 is 0 Å². The molecule has 0 N–H and O–H groups in total. The molecule has 0 bridgehead atoms. The van der Waals surface area contributed by atoms with E-state index >= 15 is 0 Å². The fraction of sp³-hybridized carbons (Fsp3) is 0.263. The van der Waals surface area contributed by atoms with Crippen molar-refractivity contribution in [2.24, 2.45) is 5.92 Å². The summed E-state index contributed by atoms with van der Waals surface area (Å²) in [5.41, 5.74) is 2.40. The van der Waals surface area contributed by atoms with Gasteiger partial charge in [-0.15, -0.1) is 0 Å². The van der Waals surface area contributed by atoms with E-state index in [0.717, 1.165) is 11.3 Å². The van der Waals surface area contributed by atoms with Gasteiger partial charge in [0.15, 0.2) is 0 Å². The predicted molar refractivity (Wildman–Crippen MR) is 101 cm³/mol. The first kappa shape index (κ1) is 16.3. The van der Waals surface area contributed by atoms with Crippen molar-refractivity contribution in [3.8, 4) is 0 Å². The Morgan fingerprint density at radius 1 is 1.25 bits per heavy atom. The molecule has 2 radical (unpaired) electrons. The number of pyridine rings is 1. The maximum atomic E-state index is 6.18. The smallest absolute Gasteiger partial charge is 0.0603 e. The molecule has 1 aliphatic heterocycles. The topological polar surface area (TPSA) is 17.8 Å². The van der Waals surface area contributed by atoms with Gasteiger partial charge >= 0.3 is 0 Å². The number of nitrogens with zero attached hydrogens (tertiary/aromatic N) is 2. The van der Waals surface area contributed by atoms with Crippen molar-refractivity contribution < 1.29 is 0 Å². The Kier molecular flexibility index (Phi) is 4.27. The number of benzene rings is 1. The first-order valence-electron chi connectivity index (χ1n) is 7.91. The molecule has 2 aromatic heterocycles. The first-order valence-corrected chi connectivity index (χ1v) is 9.48. The van der Waals surface area contributed by atoms with Crippen molar-refractivity contribution in [3.05, 3.63) is 58.8 Å². The van der Waals surface area contributed by atoms with Crippen LogP contribution in [0.1, 0.15) is 32.0 Å². The van der Waals surface area contributed by atoms with Crippen molar-refractivity contribution in [2.75, 3.05) is 0 Å². The van der Waals surface area contributed by atoms with Gasteiger partial charge in [-0.1, -0.05) is 48.8 Å². The summed E-state index contributed by atoms with van der Waals surface area (Å²) in [6.07, 6.45) is 8.35. The quantitative estimate of drug-likeness (QED) is 0.518. The number of hydrogen-bond acceptors (Lipinski definition) is 2. The van der Waals surface area contributed by atoms with E-state index in [1.165, 1.54) is 21.5 Å². The minimum Gasteiger partial charge on any atom is -0.339 e. The Morgan fingerprint density at radius 2 is 2.08 bits per heavy atom. The number of fused-ring (bicyclic) bond motifs is 3. The molecule has 0 amide bonds. The Labute approximate surface area is 156 Å². The molecule has 0 spiro atoms. The summed E-state index contributed by atoms with van der Waals surface area (Å²) in [5, 5.41) is 2.32. The third-order valence-electron chi connectivity index (χ3n) is 4.45. The Balaban J connectivity index is 1.85. The third-order valence-corrected chi connectivity index (χ3v) is 6.30. The second kappa shape index (κ2) is 6.29. The van der Waals surface area contributed by atoms with Crippen LogP contribution in [-0.2, 0) is 0 Å². The van der Waals surface area contributed by atoms with Crippen LogP contribution >= 0.6 is 35.0 Å². The van der Waals surface area contributed by atoms with Gasteiger partial charge in [-0.25, -0.2) is 0 Å². The fourth-order valence-electron chi connectivity index (χ4n) is 3.23. The monoisotopic (exact) mass is 374 g/mol. The molecule has 1 atom stereocenters. The highest BCUT2D eigenvalue weighted by Gasteiger charge is 2.31. The highest BCUT2D eigenvalue weighted by molar-refractivity contribution is 7.99. The summed E-state index contributed by atoms with van der Waals surface area (Å²) < 4.78 is 2.42. The summed E-state index contributed by atoms with van der Waals surface area (Å²) in [6, 6.07) is 8.30. The zero-order valence-electron chi connectivity index (χ0n) is 13.4. The lowest BCUT2D eigenvalue weighted by Crippen LogP contribution is -2.10. The molecule has 0 saturated heterocycles. The highest BCUT2D eigenvalue weighted by atomic mass is 35.5. The minimum absolute atomic E-state index is 0.452. The molecule has 24 heavy (non-hydrogen) atoms. The summed E-state index contributed by atoms with van der Waals surface area (Å²) >= 11 is 13.9. The van der Waals surface area contributed by atoms with E-state index in [9.17, 15) is 0 Å². The fourth-order valence-corrected chi connectivity index (χ4v) is 4.67. The molecular weight excluding hydrogens is 359 g/mol. The second-order valence-corrected chi connectivity index (χ2v) is 8.21. The van der Waals surface area contributed by atoms with Crippen LogP contribution in [0.15, 0.2) is 46.5 Å². The number of halogens is 2. The lowest BCUT2D eigenvalue weighted by atomic mass is 10.0. The second-order valence-electron chi connectivity index (χ2n) is 6.31. The van der Waals surface area contributed by atoms with Crippen molar-refractivity contribution in [2.45, 2.75) is 36.1 Å². The molecule has 1 unspecified atom stereocenters. The van der Waals surface area contributed by atoms with E-state index in [1.54, 1.807) is 11.8 Å². The van der Waals surface area contributed by atoms with Gasteiger partial charge in [0, 0.05) is 45.7 Å². The van der Waals surface area contributed by atoms with Crippen LogP contribution in [0.5, 0.6) is 0 Å². The van der Waals surface area contributed by atoms with Crippen molar-refractivity contribution in [1.82, 2.24) is 9.55 Å². The van der Waals surface area contributed by atoms with Gasteiger partial charge < -0.3 is 4.57 Å². The maximum Gasteiger partial charge on any atom is 0.0603 e. The molecule has 1 aromatic carbocycles. The Morgan fingerprint density at radius 3 is 2.83 bits per heavy atom. The van der Waals surface area contributed by atoms with Gasteiger partial charge in [0.25, 0.3) is 0 Å². The van der Waals surface area contributed by atoms with Crippen LogP contribution in [0.2, 0.25) is 10.0 Å². The molecule has 0 fully saturated rings. The zero-order valence-corrected chi connectivity index (χ0v) is 15.7. The van der Waals surface area contributed by atoms with Gasteiger partial charge in [0.05, 0.1) is 15.6 Å². The molecule has 3 heterocycles. The average molecular weight is 375 g/mol. The molecule has 4 rings (SSSR count). The van der Waals surface area contributed by atoms with E-state index in [1.807, 2.05) is 30.6 Å². The van der Waals surface area contributed by atoms with Crippen molar-refractivity contribution in [3.63, 3.8) is 0 Å². The summed E-state index contributed by atoms with van der Waals surface area (Å²) in [6.45, 7) is 4.53. The van der Waals surface area contributed by atoms with Crippen molar-refractivity contribution in [1.29, 1.82) is 0 Å². The standard InChI is InChI=1S/C19H16Cl2N2S/c1-11(2)16-5-6-18-19(13-10-22-8-7-17(13)23(16)18)24-12-3-4-14(20)15(21)9-12/h3-4,7-11,16H,5H2,1-2H3. The number of hydrogen-bond donors (Lipinski definition) is 0. The van der Waals surface area contributed by atoms with Gasteiger partial charge in [0.2, 0.25) is 0 Å². The molecule has 0 saturated carbocycles. The van der Waals surface area contributed by atoms with Gasteiger partial charge in [-0.2, -0.15) is 0 Å². The largest absolute Gasteiger partial charge is 0.339 e. The van der Waals surface area contributed by atoms with E-state index in [-0.39, 0.29) is 0 Å². The predicted octanol–water partition coefficient (Wildman–Crippen LogP) is 6.52. The van der Waals surface area contributed by atoms with Crippen molar-refractivity contribution >= 4 is 45.9 Å².